The van der Waals surface area contributed by atoms with Gasteiger partial charge in [-0.15, -0.1) is 0 Å². The Labute approximate surface area is 121 Å². The average molecular weight is 278 g/mol. The maximum absolute atomic E-state index is 12.4. The smallest absolute Gasteiger partial charge is 0.225 e. The van der Waals surface area contributed by atoms with E-state index < -0.39 is 5.60 Å². The molecule has 0 spiro atoms. The second-order valence-electron chi connectivity index (χ2n) is 5.52. The van der Waals surface area contributed by atoms with Crippen LogP contribution in [-0.2, 0) is 22.6 Å². The highest BCUT2D eigenvalue weighted by molar-refractivity contribution is 5.77. The van der Waals surface area contributed by atoms with Gasteiger partial charge in [-0.05, 0) is 31.9 Å². The van der Waals surface area contributed by atoms with Gasteiger partial charge in [0.1, 0.15) is 0 Å². The van der Waals surface area contributed by atoms with Crippen molar-refractivity contribution >= 4 is 5.91 Å². The summed E-state index contributed by atoms with van der Waals surface area (Å²) < 4.78 is 5.33. The molecule has 0 saturated heterocycles. The number of nitrogens with two attached hydrogens (primary N) is 1. The molecule has 0 aromatic heterocycles. The maximum Gasteiger partial charge on any atom is 0.225 e. The van der Waals surface area contributed by atoms with Crippen LogP contribution in [0.1, 0.15) is 38.3 Å². The molecule has 0 fully saturated rings. The molecule has 0 aliphatic rings. The van der Waals surface area contributed by atoms with Crippen LogP contribution in [0.25, 0.3) is 0 Å². The number of benzene rings is 1. The summed E-state index contributed by atoms with van der Waals surface area (Å²) in [5, 5.41) is 0. The number of hydrogen-bond acceptors (Lipinski definition) is 3. The number of nitrogens with zero attached hydrogens (tertiary/aromatic N) is 1. The van der Waals surface area contributed by atoms with Gasteiger partial charge in [0.05, 0.1) is 12.0 Å². The molecule has 0 radical (unpaired) electrons. The summed E-state index contributed by atoms with van der Waals surface area (Å²) in [5.74, 6) is 0.103. The Morgan fingerprint density at radius 2 is 1.90 bits per heavy atom. The minimum Gasteiger partial charge on any atom is -0.378 e. The molecule has 1 amide bonds. The largest absolute Gasteiger partial charge is 0.378 e. The molecule has 20 heavy (non-hydrogen) atoms. The van der Waals surface area contributed by atoms with Crippen molar-refractivity contribution in [1.29, 1.82) is 0 Å². The number of carbonyl (C=O) groups excluding carboxylic acids is 1. The quantitative estimate of drug-likeness (QED) is 0.832. The monoisotopic (exact) mass is 278 g/mol. The summed E-state index contributed by atoms with van der Waals surface area (Å²) in [6.45, 7) is 7.60. The minimum absolute atomic E-state index is 0.103. The third-order valence-electron chi connectivity index (χ3n) is 3.56. The van der Waals surface area contributed by atoms with Crippen LogP contribution < -0.4 is 5.73 Å². The first-order valence-electron chi connectivity index (χ1n) is 7.03. The molecule has 2 N–H and O–H groups in total. The van der Waals surface area contributed by atoms with Crippen LogP contribution in [0.15, 0.2) is 24.3 Å². The molecule has 0 bridgehead atoms. The van der Waals surface area contributed by atoms with E-state index in [1.54, 1.807) is 7.11 Å². The topological polar surface area (TPSA) is 55.6 Å². The standard InChI is InChI=1S/C16H26N2O2/c1-5-18(15(19)10-16(2,3)20-4)12-14-9-7-6-8-13(14)11-17/h6-9H,5,10-12,17H2,1-4H3. The van der Waals surface area contributed by atoms with E-state index >= 15 is 0 Å². The molecule has 0 saturated carbocycles. The van der Waals surface area contributed by atoms with Crippen LogP contribution in [0.3, 0.4) is 0 Å². The number of ether oxygens (including phenoxy) is 1. The van der Waals surface area contributed by atoms with Crippen molar-refractivity contribution in [1.82, 2.24) is 4.90 Å². The van der Waals surface area contributed by atoms with Crippen LogP contribution in [-0.4, -0.2) is 30.1 Å². The summed E-state index contributed by atoms with van der Waals surface area (Å²) in [6.07, 6.45) is 0.377. The molecule has 1 aromatic rings. The summed E-state index contributed by atoms with van der Waals surface area (Å²) in [6, 6.07) is 7.98. The molecular weight excluding hydrogens is 252 g/mol. The molecule has 1 rings (SSSR count). The lowest BCUT2D eigenvalue weighted by Gasteiger charge is -2.28. The van der Waals surface area contributed by atoms with Gasteiger partial charge in [0.25, 0.3) is 0 Å². The Morgan fingerprint density at radius 1 is 1.30 bits per heavy atom. The fourth-order valence-electron chi connectivity index (χ4n) is 2.04. The van der Waals surface area contributed by atoms with Gasteiger partial charge in [0.15, 0.2) is 0 Å². The first kappa shape index (κ1) is 16.7. The van der Waals surface area contributed by atoms with E-state index in [1.165, 1.54) is 0 Å². The van der Waals surface area contributed by atoms with Crippen LogP contribution >= 0.6 is 0 Å². The average Bonchev–Trinajstić information content (AvgIpc) is 2.44. The van der Waals surface area contributed by atoms with Crippen LogP contribution in [0, 0.1) is 0 Å². The van der Waals surface area contributed by atoms with Gasteiger partial charge in [-0.1, -0.05) is 24.3 Å². The lowest BCUT2D eigenvalue weighted by Crippen LogP contribution is -2.37. The first-order chi connectivity index (χ1) is 9.43. The van der Waals surface area contributed by atoms with Gasteiger partial charge >= 0.3 is 0 Å². The second kappa shape index (κ2) is 7.41. The SMILES string of the molecule is CCN(Cc1ccccc1CN)C(=O)CC(C)(C)OC. The predicted octanol–water partition coefficient (Wildman–Crippen LogP) is 2.31. The number of amides is 1. The summed E-state index contributed by atoms with van der Waals surface area (Å²) in [5.41, 5.74) is 7.51. The molecule has 0 atom stereocenters. The Hall–Kier alpha value is -1.39. The fourth-order valence-corrected chi connectivity index (χ4v) is 2.04. The van der Waals surface area contributed by atoms with Gasteiger partial charge in [0.2, 0.25) is 5.91 Å². The highest BCUT2D eigenvalue weighted by atomic mass is 16.5. The Kier molecular flexibility index (Phi) is 6.17. The summed E-state index contributed by atoms with van der Waals surface area (Å²) >= 11 is 0. The van der Waals surface area contributed by atoms with Crippen LogP contribution in [0.4, 0.5) is 0 Å². The molecule has 0 unspecified atom stereocenters. The molecule has 4 nitrogen and oxygen atoms in total. The van der Waals surface area contributed by atoms with Crippen molar-refractivity contribution in [3.63, 3.8) is 0 Å². The third kappa shape index (κ3) is 4.62. The highest BCUT2D eigenvalue weighted by Crippen LogP contribution is 2.17. The van der Waals surface area contributed by atoms with E-state index in [-0.39, 0.29) is 5.91 Å². The Bertz CT molecular complexity index is 444. The number of carbonyl (C=O) groups is 1. The zero-order valence-electron chi connectivity index (χ0n) is 13.0. The van der Waals surface area contributed by atoms with Gasteiger partial charge < -0.3 is 15.4 Å². The predicted molar refractivity (Wildman–Crippen MR) is 81.1 cm³/mol. The van der Waals surface area contributed by atoms with E-state index in [0.29, 0.717) is 26.1 Å². The molecule has 0 aliphatic heterocycles. The van der Waals surface area contributed by atoms with Gasteiger partial charge in [-0.2, -0.15) is 0 Å². The Morgan fingerprint density at radius 3 is 2.40 bits per heavy atom. The second-order valence-corrected chi connectivity index (χ2v) is 5.52. The van der Waals surface area contributed by atoms with Crippen molar-refractivity contribution in [2.45, 2.75) is 45.9 Å². The van der Waals surface area contributed by atoms with Gasteiger partial charge in [-0.3, -0.25) is 4.79 Å². The van der Waals surface area contributed by atoms with E-state index in [1.807, 2.05) is 49.9 Å². The van der Waals surface area contributed by atoms with Crippen LogP contribution in [0.5, 0.6) is 0 Å². The fraction of sp³-hybridized carbons (Fsp3) is 0.562. The zero-order valence-corrected chi connectivity index (χ0v) is 13.0. The van der Waals surface area contributed by atoms with Crippen molar-refractivity contribution < 1.29 is 9.53 Å². The van der Waals surface area contributed by atoms with E-state index in [2.05, 4.69) is 0 Å². The molecular formula is C16H26N2O2. The third-order valence-corrected chi connectivity index (χ3v) is 3.56. The zero-order chi connectivity index (χ0) is 15.2. The van der Waals surface area contributed by atoms with E-state index in [4.69, 9.17) is 10.5 Å². The molecule has 1 aromatic carbocycles. The summed E-state index contributed by atoms with van der Waals surface area (Å²) in [7, 11) is 1.63. The normalized spacial score (nSPS) is 11.4. The maximum atomic E-state index is 12.4. The molecule has 112 valence electrons. The molecule has 4 heteroatoms. The number of methoxy groups -OCH3 is 1. The Balaban J connectivity index is 2.79. The number of hydrogen-bond donors (Lipinski definition) is 1. The lowest BCUT2D eigenvalue weighted by atomic mass is 10.0. The van der Waals surface area contributed by atoms with Crippen molar-refractivity contribution in [2.75, 3.05) is 13.7 Å². The molecule has 0 aliphatic carbocycles. The van der Waals surface area contributed by atoms with E-state index in [0.717, 1.165) is 11.1 Å². The van der Waals surface area contributed by atoms with Gasteiger partial charge in [-0.25, -0.2) is 0 Å². The summed E-state index contributed by atoms with van der Waals surface area (Å²) in [4.78, 5) is 14.2. The van der Waals surface area contributed by atoms with Crippen molar-refractivity contribution in [2.24, 2.45) is 5.73 Å². The van der Waals surface area contributed by atoms with Crippen molar-refractivity contribution in [3.05, 3.63) is 35.4 Å². The van der Waals surface area contributed by atoms with Crippen molar-refractivity contribution in [3.8, 4) is 0 Å². The minimum atomic E-state index is -0.433. The first-order valence-corrected chi connectivity index (χ1v) is 7.03. The number of rotatable bonds is 7. The lowest BCUT2D eigenvalue weighted by molar-refractivity contribution is -0.136. The van der Waals surface area contributed by atoms with Gasteiger partial charge in [0, 0.05) is 26.7 Å². The van der Waals surface area contributed by atoms with Crippen LogP contribution in [0.2, 0.25) is 0 Å². The van der Waals surface area contributed by atoms with E-state index in [9.17, 15) is 4.79 Å². The molecule has 0 heterocycles. The highest BCUT2D eigenvalue weighted by Gasteiger charge is 2.24.